The Kier molecular flexibility index (Phi) is 7.74. The topological polar surface area (TPSA) is 3.24 Å². The molecule has 0 saturated carbocycles. The molecule has 0 bridgehead atoms. The van der Waals surface area contributed by atoms with E-state index in [0.29, 0.717) is 0 Å². The van der Waals surface area contributed by atoms with Crippen molar-refractivity contribution in [1.82, 2.24) is 4.31 Å². The molecule has 0 aliphatic carbocycles. The van der Waals surface area contributed by atoms with Crippen LogP contribution in [0.15, 0.2) is 0 Å². The van der Waals surface area contributed by atoms with Crippen molar-refractivity contribution in [2.75, 3.05) is 14.1 Å². The van der Waals surface area contributed by atoms with E-state index in [2.05, 4.69) is 11.7 Å². The number of hydrogen-bond acceptors (Lipinski definition) is 1. The van der Waals surface area contributed by atoms with Gasteiger partial charge in [0.15, 0.2) is 0 Å². The molecule has 0 aromatic heterocycles. The second-order valence-corrected chi connectivity index (χ2v) is 4.96. The van der Waals surface area contributed by atoms with Gasteiger partial charge in [-0.2, -0.15) is 0 Å². The van der Waals surface area contributed by atoms with E-state index in [1.165, 1.54) is 0 Å². The molecule has 0 fully saturated rings. The predicted octanol–water partition coefficient (Wildman–Crippen LogP) is 1.02. The van der Waals surface area contributed by atoms with E-state index in [0.717, 1.165) is 0 Å². The monoisotopic (exact) mass is 157 g/mol. The van der Waals surface area contributed by atoms with Gasteiger partial charge in [0.25, 0.3) is 0 Å². The Morgan fingerprint density at radius 3 is 1.71 bits per heavy atom. The van der Waals surface area contributed by atoms with Crippen LogP contribution in [0.2, 0.25) is 0 Å². The highest BCUT2D eigenvalue weighted by Crippen LogP contribution is 1.88. The van der Waals surface area contributed by atoms with E-state index in [-0.39, 0.29) is 16.1 Å². The molecular formula is C3H11NS3. The van der Waals surface area contributed by atoms with Crippen LogP contribution in [-0.2, 0) is 19.9 Å². The van der Waals surface area contributed by atoms with E-state index in [1.54, 1.807) is 0 Å². The van der Waals surface area contributed by atoms with Crippen LogP contribution < -0.4 is 0 Å². The zero-order valence-electron chi connectivity index (χ0n) is 3.71. The van der Waals surface area contributed by atoms with Gasteiger partial charge in [-0.3, -0.25) is 0 Å². The number of rotatable bonds is 1. The lowest BCUT2D eigenvalue weighted by Gasteiger charge is -2.02. The van der Waals surface area contributed by atoms with Crippen molar-refractivity contribution >= 4 is 31.5 Å². The van der Waals surface area contributed by atoms with Gasteiger partial charge in [-0.1, -0.05) is 19.1 Å². The van der Waals surface area contributed by atoms with Crippen LogP contribution in [0.1, 0.15) is 7.43 Å². The first kappa shape index (κ1) is 10.8. The van der Waals surface area contributed by atoms with Gasteiger partial charge >= 0.3 is 0 Å². The normalized spacial score (nSPS) is 13.1. The van der Waals surface area contributed by atoms with Crippen molar-refractivity contribution in [1.29, 1.82) is 0 Å². The molecule has 0 rings (SSSR count). The van der Waals surface area contributed by atoms with Crippen LogP contribution in [0.5, 0.6) is 0 Å². The molecule has 1 unspecified atom stereocenters. The first-order chi connectivity index (χ1) is 2.64. The lowest BCUT2D eigenvalue weighted by Crippen LogP contribution is -2.07. The fourth-order valence-corrected chi connectivity index (χ4v) is 0. The van der Waals surface area contributed by atoms with Crippen LogP contribution in [0.4, 0.5) is 0 Å². The van der Waals surface area contributed by atoms with Gasteiger partial charge in [0.2, 0.25) is 0 Å². The summed E-state index contributed by atoms with van der Waals surface area (Å²) < 4.78 is 1.87. The molecule has 0 N–H and O–H groups in total. The van der Waals surface area contributed by atoms with Gasteiger partial charge < -0.3 is 0 Å². The molecule has 0 aliphatic heterocycles. The van der Waals surface area contributed by atoms with Gasteiger partial charge in [-0.15, -0.1) is 0 Å². The summed E-state index contributed by atoms with van der Waals surface area (Å²) in [6.07, 6.45) is 0. The molecule has 0 amide bonds. The Balaban J connectivity index is 0. The van der Waals surface area contributed by atoms with Gasteiger partial charge in [0, 0.05) is 8.67 Å². The summed E-state index contributed by atoms with van der Waals surface area (Å²) in [5.41, 5.74) is 0. The molecule has 46 valence electrons. The van der Waals surface area contributed by atoms with E-state index in [9.17, 15) is 0 Å². The number of hydrogen-bond donors (Lipinski definition) is 1. The maximum atomic E-state index is 4.72. The van der Waals surface area contributed by atoms with Crippen molar-refractivity contribution < 1.29 is 0 Å². The van der Waals surface area contributed by atoms with Crippen molar-refractivity contribution in [2.24, 2.45) is 0 Å². The van der Waals surface area contributed by atoms with E-state index in [4.69, 9.17) is 11.2 Å². The molecule has 0 aromatic rings. The van der Waals surface area contributed by atoms with Gasteiger partial charge in [0.1, 0.15) is 0 Å². The van der Waals surface area contributed by atoms with E-state index >= 15 is 0 Å². The molecule has 0 aromatic carbocycles. The average Bonchev–Trinajstić information content (AvgIpc) is 1.36. The minimum Gasteiger partial charge on any atom is -0.245 e. The minimum atomic E-state index is -0.256. The fourth-order valence-electron chi connectivity index (χ4n) is 0. The van der Waals surface area contributed by atoms with Crippen LogP contribution >= 0.6 is 11.7 Å². The van der Waals surface area contributed by atoms with Crippen molar-refractivity contribution in [3.8, 4) is 0 Å². The summed E-state index contributed by atoms with van der Waals surface area (Å²) in [5, 5.41) is 0. The van der Waals surface area contributed by atoms with Crippen LogP contribution in [0, 0.1) is 0 Å². The molecule has 1 nitrogen and oxygen atoms in total. The van der Waals surface area contributed by atoms with Gasteiger partial charge in [0.05, 0.1) is 0 Å². The third-order valence-electron chi connectivity index (χ3n) is 0.312. The summed E-state index contributed by atoms with van der Waals surface area (Å²) in [6, 6.07) is 0. The third-order valence-corrected chi connectivity index (χ3v) is 2.81. The third kappa shape index (κ3) is 6.88. The first-order valence-electron chi connectivity index (χ1n) is 1.43. The fraction of sp³-hybridized carbons (Fsp3) is 1.00. The van der Waals surface area contributed by atoms with Crippen LogP contribution in [-0.4, -0.2) is 18.4 Å². The molecule has 0 aliphatic rings. The molecular weight excluding hydrogens is 146 g/mol. The molecule has 0 radical (unpaired) electrons. The summed E-state index contributed by atoms with van der Waals surface area (Å²) in [5.74, 6) is 0. The quantitative estimate of drug-likeness (QED) is 0.447. The highest BCUT2D eigenvalue weighted by molar-refractivity contribution is 8.75. The largest absolute Gasteiger partial charge is 0.245 e. The van der Waals surface area contributed by atoms with Gasteiger partial charge in [-0.25, -0.2) is 4.31 Å². The SMILES string of the molecule is C.CN(C)S(=S)S. The Morgan fingerprint density at radius 2 is 1.71 bits per heavy atom. The highest BCUT2D eigenvalue weighted by Gasteiger charge is 1.83. The molecule has 4 heteroatoms. The molecule has 0 spiro atoms. The second-order valence-electron chi connectivity index (χ2n) is 1.04. The maximum Gasteiger partial charge on any atom is 0.00466 e. The number of thiol groups is 1. The molecule has 7 heavy (non-hydrogen) atoms. The Morgan fingerprint density at radius 1 is 1.57 bits per heavy atom. The minimum absolute atomic E-state index is 0. The van der Waals surface area contributed by atoms with E-state index in [1.807, 2.05) is 18.4 Å². The van der Waals surface area contributed by atoms with Crippen molar-refractivity contribution in [2.45, 2.75) is 7.43 Å². The Labute approximate surface area is 57.6 Å². The number of nitrogens with zero attached hydrogens (tertiary/aromatic N) is 1. The van der Waals surface area contributed by atoms with Crippen molar-refractivity contribution in [3.63, 3.8) is 0 Å². The smallest absolute Gasteiger partial charge is 0.00466 e. The second kappa shape index (κ2) is 5.03. The summed E-state index contributed by atoms with van der Waals surface area (Å²) in [4.78, 5) is 0. The first-order valence-corrected chi connectivity index (χ1v) is 4.59. The van der Waals surface area contributed by atoms with Gasteiger partial charge in [-0.05, 0) is 25.3 Å². The standard InChI is InChI=1S/C2H7NS3.CH4/c1-3(2)6(4)5;/h1-2H3,(H,4,5);1H4. The lowest BCUT2D eigenvalue weighted by atomic mass is 11.3. The molecule has 0 saturated heterocycles. The van der Waals surface area contributed by atoms with Crippen molar-refractivity contribution in [3.05, 3.63) is 0 Å². The molecule has 0 heterocycles. The Hall–Kier alpha value is 0.880. The lowest BCUT2D eigenvalue weighted by molar-refractivity contribution is 0.707. The highest BCUT2D eigenvalue weighted by atomic mass is 33.3. The van der Waals surface area contributed by atoms with Crippen LogP contribution in [0.25, 0.3) is 0 Å². The zero-order valence-corrected chi connectivity index (χ0v) is 6.24. The van der Waals surface area contributed by atoms with E-state index < -0.39 is 0 Å². The summed E-state index contributed by atoms with van der Waals surface area (Å²) in [7, 11) is 3.56. The Bertz CT molecular complexity index is 61.2. The average molecular weight is 157 g/mol. The van der Waals surface area contributed by atoms with Crippen LogP contribution in [0.3, 0.4) is 0 Å². The summed E-state index contributed by atoms with van der Waals surface area (Å²) >= 11 is 8.68. The molecule has 1 atom stereocenters. The zero-order chi connectivity index (χ0) is 5.15. The predicted molar refractivity (Wildman–Crippen MR) is 44.1 cm³/mol. The maximum absolute atomic E-state index is 4.72. The summed E-state index contributed by atoms with van der Waals surface area (Å²) in [6.45, 7) is 0.